The van der Waals surface area contributed by atoms with Gasteiger partial charge in [0.15, 0.2) is 4.34 Å². The van der Waals surface area contributed by atoms with Gasteiger partial charge in [-0.05, 0) is 19.4 Å². The van der Waals surface area contributed by atoms with Gasteiger partial charge in [-0.3, -0.25) is 9.59 Å². The fourth-order valence-corrected chi connectivity index (χ4v) is 7.55. The van der Waals surface area contributed by atoms with E-state index in [2.05, 4.69) is 15.5 Å². The summed E-state index contributed by atoms with van der Waals surface area (Å²) in [7, 11) is 0. The summed E-state index contributed by atoms with van der Waals surface area (Å²) >= 11 is 4.33. The molecule has 2 amide bonds. The van der Waals surface area contributed by atoms with Crippen molar-refractivity contribution in [1.29, 1.82) is 0 Å². The third-order valence-corrected chi connectivity index (χ3v) is 9.21. The highest BCUT2D eigenvalue weighted by atomic mass is 32.2. The third kappa shape index (κ3) is 3.93. The molecule has 0 aliphatic carbocycles. The molecule has 4 atom stereocenters. The Morgan fingerprint density at radius 1 is 1.30 bits per heavy atom. The summed E-state index contributed by atoms with van der Waals surface area (Å²) in [6.07, 6.45) is 0.174. The zero-order chi connectivity index (χ0) is 21.5. The first-order valence-electron chi connectivity index (χ1n) is 9.27. The Labute approximate surface area is 185 Å². The summed E-state index contributed by atoms with van der Waals surface area (Å²) in [5.41, 5.74) is 0.856. The maximum Gasteiger partial charge on any atom is 0.327 e. The molecule has 2 aromatic rings. The molecule has 1 aromatic carbocycles. The van der Waals surface area contributed by atoms with Gasteiger partial charge in [-0.1, -0.05) is 53.4 Å². The lowest BCUT2D eigenvalue weighted by molar-refractivity contribution is -0.161. The Bertz CT molecular complexity index is 985. The van der Waals surface area contributed by atoms with Crippen molar-refractivity contribution in [3.63, 3.8) is 0 Å². The van der Waals surface area contributed by atoms with Crippen LogP contribution in [0.5, 0.6) is 0 Å². The Balaban J connectivity index is 1.44. The van der Waals surface area contributed by atoms with Crippen LogP contribution in [-0.2, 0) is 20.8 Å². The van der Waals surface area contributed by atoms with Crippen LogP contribution in [-0.4, -0.2) is 65.9 Å². The van der Waals surface area contributed by atoms with E-state index in [1.807, 2.05) is 44.2 Å². The molecule has 11 heteroatoms. The molecular formula is C19H20N4O4S3. The monoisotopic (exact) mass is 464 g/mol. The van der Waals surface area contributed by atoms with E-state index in [1.54, 1.807) is 0 Å². The Hall–Kier alpha value is -2.11. The highest BCUT2D eigenvalue weighted by molar-refractivity contribution is 8.05. The van der Waals surface area contributed by atoms with Crippen molar-refractivity contribution < 1.29 is 19.5 Å². The normalized spacial score (nSPS) is 27.5. The molecule has 2 aliphatic rings. The minimum Gasteiger partial charge on any atom is -0.480 e. The van der Waals surface area contributed by atoms with Gasteiger partial charge in [-0.2, -0.15) is 0 Å². The van der Waals surface area contributed by atoms with E-state index >= 15 is 0 Å². The van der Waals surface area contributed by atoms with Crippen LogP contribution in [0.1, 0.15) is 17.5 Å². The van der Waals surface area contributed by atoms with E-state index < -0.39 is 22.8 Å². The van der Waals surface area contributed by atoms with Crippen molar-refractivity contribution in [2.75, 3.05) is 5.75 Å². The number of aryl methyl sites for hydroxylation is 1. The first-order chi connectivity index (χ1) is 14.3. The molecule has 2 aliphatic heterocycles. The number of nitrogens with one attached hydrogen (secondary N) is 1. The molecule has 0 saturated carbocycles. The fourth-order valence-electron chi connectivity index (χ4n) is 3.69. The number of hydrogen-bond donors (Lipinski definition) is 2. The van der Waals surface area contributed by atoms with Gasteiger partial charge < -0.3 is 15.3 Å². The number of carboxylic acid groups (broad SMARTS) is 1. The maximum absolute atomic E-state index is 12.7. The number of amides is 2. The van der Waals surface area contributed by atoms with Gasteiger partial charge in [0, 0.05) is 5.75 Å². The molecule has 2 fully saturated rings. The summed E-state index contributed by atoms with van der Waals surface area (Å²) in [4.78, 5) is 38.5. The number of carbonyl (C=O) groups is 3. The second-order valence-electron chi connectivity index (χ2n) is 7.39. The van der Waals surface area contributed by atoms with Gasteiger partial charge in [-0.25, -0.2) is 4.79 Å². The number of benzene rings is 1. The number of nitrogens with zero attached hydrogens (tertiary/aromatic N) is 3. The average molecular weight is 465 g/mol. The smallest absolute Gasteiger partial charge is 0.327 e. The van der Waals surface area contributed by atoms with E-state index in [4.69, 9.17) is 0 Å². The molecule has 4 rings (SSSR count). The first-order valence-corrected chi connectivity index (χ1v) is 12.0. The number of thioether (sulfide) groups is 2. The van der Waals surface area contributed by atoms with Gasteiger partial charge in [0.25, 0.3) is 0 Å². The van der Waals surface area contributed by atoms with Crippen molar-refractivity contribution in [2.24, 2.45) is 0 Å². The number of aromatic nitrogens is 2. The van der Waals surface area contributed by atoms with Gasteiger partial charge in [-0.15, -0.1) is 22.0 Å². The van der Waals surface area contributed by atoms with E-state index in [0.29, 0.717) is 5.75 Å². The lowest BCUT2D eigenvalue weighted by Crippen LogP contribution is -2.70. The lowest BCUT2D eigenvalue weighted by Gasteiger charge is -2.43. The summed E-state index contributed by atoms with van der Waals surface area (Å²) in [5, 5.41) is 21.1. The zero-order valence-electron chi connectivity index (χ0n) is 16.3. The molecule has 1 aromatic heterocycles. The molecule has 3 unspecified atom stereocenters. The summed E-state index contributed by atoms with van der Waals surface area (Å²) < 4.78 is 0.0572. The van der Waals surface area contributed by atoms with Crippen LogP contribution in [0.3, 0.4) is 0 Å². The number of fused-ring (bicyclic) bond motifs is 1. The standard InChI is InChI=1S/C19H20N4O4S3/c1-10-21-22-18(29-10)28-9-19(2)14(17(26)27)23-15(25)13(16(23)30-19)20-12(24)8-11-6-4-3-5-7-11/h3-7,13-14,16H,8-9H2,1-2H3,(H,20,24)(H,26,27)/t13?,14?,16-,19?/m0/s1. The predicted molar refractivity (Wildman–Crippen MR) is 116 cm³/mol. The van der Waals surface area contributed by atoms with Gasteiger partial charge in [0.2, 0.25) is 11.8 Å². The van der Waals surface area contributed by atoms with Crippen LogP contribution in [0.4, 0.5) is 0 Å². The van der Waals surface area contributed by atoms with Gasteiger partial charge >= 0.3 is 5.97 Å². The lowest BCUT2D eigenvalue weighted by atomic mass is 9.95. The Morgan fingerprint density at radius 3 is 2.67 bits per heavy atom. The van der Waals surface area contributed by atoms with Crippen molar-refractivity contribution in [3.8, 4) is 0 Å². The zero-order valence-corrected chi connectivity index (χ0v) is 18.7. The first kappa shape index (κ1) is 21.1. The summed E-state index contributed by atoms with van der Waals surface area (Å²) in [5.74, 6) is -1.17. The second-order valence-corrected chi connectivity index (χ2v) is 11.4. The Morgan fingerprint density at radius 2 is 2.03 bits per heavy atom. The molecule has 0 radical (unpaired) electrons. The quantitative estimate of drug-likeness (QED) is 0.471. The van der Waals surface area contributed by atoms with Crippen LogP contribution in [0, 0.1) is 6.92 Å². The molecule has 2 saturated heterocycles. The largest absolute Gasteiger partial charge is 0.480 e. The molecule has 0 spiro atoms. The molecule has 158 valence electrons. The number of aliphatic carboxylic acids is 1. The highest BCUT2D eigenvalue weighted by Gasteiger charge is 2.65. The number of carboxylic acids is 1. The minimum absolute atomic E-state index is 0.174. The molecule has 30 heavy (non-hydrogen) atoms. The van der Waals surface area contributed by atoms with E-state index in [-0.39, 0.29) is 23.6 Å². The molecular weight excluding hydrogens is 444 g/mol. The fraction of sp³-hybridized carbons (Fsp3) is 0.421. The third-order valence-electron chi connectivity index (χ3n) is 5.07. The van der Waals surface area contributed by atoms with Gasteiger partial charge in [0.05, 0.1) is 11.2 Å². The van der Waals surface area contributed by atoms with Crippen LogP contribution in [0.15, 0.2) is 34.7 Å². The van der Waals surface area contributed by atoms with Crippen molar-refractivity contribution in [3.05, 3.63) is 40.9 Å². The molecule has 2 N–H and O–H groups in total. The SMILES string of the molecule is Cc1nnc(SCC2(C)S[C@H]3C(NC(=O)Cc4ccccc4)C(=O)N3C2C(=O)O)s1. The number of rotatable bonds is 7. The topological polar surface area (TPSA) is 112 Å². The average Bonchev–Trinajstić information content (AvgIpc) is 3.25. The number of β-lactam (4-membered cyclic amide) rings is 1. The number of hydrogen-bond acceptors (Lipinski definition) is 8. The number of carbonyl (C=O) groups excluding carboxylic acids is 2. The van der Waals surface area contributed by atoms with E-state index in [9.17, 15) is 19.5 Å². The van der Waals surface area contributed by atoms with E-state index in [0.717, 1.165) is 14.9 Å². The molecule has 0 bridgehead atoms. The van der Waals surface area contributed by atoms with Gasteiger partial charge in [0.1, 0.15) is 22.5 Å². The summed E-state index contributed by atoms with van der Waals surface area (Å²) in [6.45, 7) is 3.72. The van der Waals surface area contributed by atoms with Crippen LogP contribution in [0.2, 0.25) is 0 Å². The minimum atomic E-state index is -1.04. The second kappa shape index (κ2) is 8.20. The van der Waals surface area contributed by atoms with Crippen LogP contribution in [0.25, 0.3) is 0 Å². The van der Waals surface area contributed by atoms with Crippen molar-refractivity contribution in [2.45, 2.75) is 46.8 Å². The van der Waals surface area contributed by atoms with Crippen molar-refractivity contribution >= 4 is 52.6 Å². The van der Waals surface area contributed by atoms with Crippen LogP contribution < -0.4 is 5.32 Å². The highest BCUT2D eigenvalue weighted by Crippen LogP contribution is 2.52. The van der Waals surface area contributed by atoms with Crippen LogP contribution >= 0.6 is 34.9 Å². The van der Waals surface area contributed by atoms with Crippen molar-refractivity contribution in [1.82, 2.24) is 20.4 Å². The summed E-state index contributed by atoms with van der Waals surface area (Å²) in [6, 6.07) is 7.62. The maximum atomic E-state index is 12.7. The Kier molecular flexibility index (Phi) is 5.78. The molecule has 8 nitrogen and oxygen atoms in total. The van der Waals surface area contributed by atoms with E-state index in [1.165, 1.54) is 39.8 Å². The predicted octanol–water partition coefficient (Wildman–Crippen LogP) is 1.79. The molecule has 3 heterocycles.